The summed E-state index contributed by atoms with van der Waals surface area (Å²) in [6, 6.07) is -4.10. The molecule has 36 heavy (non-hydrogen) atoms. The van der Waals surface area contributed by atoms with Crippen LogP contribution in [0.3, 0.4) is 0 Å². The van der Waals surface area contributed by atoms with Crippen molar-refractivity contribution < 1.29 is 29.1 Å². The molecule has 2 rings (SSSR count). The van der Waals surface area contributed by atoms with E-state index < -0.39 is 47.9 Å². The number of hydrogen-bond acceptors (Lipinski definition) is 8. The molecular formula is C22H36N8O6. The molecule has 0 aliphatic carbocycles. The zero-order chi connectivity index (χ0) is 26.7. The molecule has 200 valence electrons. The smallest absolute Gasteiger partial charge is 0.326 e. The molecule has 0 spiro atoms. The van der Waals surface area contributed by atoms with Gasteiger partial charge in [-0.25, -0.2) is 9.78 Å². The summed E-state index contributed by atoms with van der Waals surface area (Å²) in [7, 11) is 0. The van der Waals surface area contributed by atoms with Crippen LogP contribution in [0.15, 0.2) is 12.5 Å². The van der Waals surface area contributed by atoms with E-state index in [0.717, 1.165) is 6.42 Å². The Morgan fingerprint density at radius 2 is 1.92 bits per heavy atom. The van der Waals surface area contributed by atoms with E-state index in [1.165, 1.54) is 17.4 Å². The molecule has 4 unspecified atom stereocenters. The number of H-pyrrole nitrogens is 1. The molecule has 1 fully saturated rings. The number of hydrogen-bond donors (Lipinski definition) is 7. The van der Waals surface area contributed by atoms with Gasteiger partial charge in [-0.1, -0.05) is 6.42 Å². The highest BCUT2D eigenvalue weighted by molar-refractivity contribution is 5.94. The average molecular weight is 509 g/mol. The van der Waals surface area contributed by atoms with E-state index in [0.29, 0.717) is 44.5 Å². The molecule has 1 aromatic rings. The summed E-state index contributed by atoms with van der Waals surface area (Å²) in [5, 5.41) is 14.4. The number of primary amides is 1. The van der Waals surface area contributed by atoms with E-state index in [4.69, 9.17) is 17.2 Å². The number of nitrogens with zero attached hydrogens (tertiary/aromatic N) is 2. The van der Waals surface area contributed by atoms with Gasteiger partial charge in [-0.2, -0.15) is 0 Å². The lowest BCUT2D eigenvalue weighted by Gasteiger charge is -2.28. The number of likely N-dealkylation sites (tertiary alicyclic amines) is 1. The van der Waals surface area contributed by atoms with E-state index >= 15 is 0 Å². The molecule has 1 saturated heterocycles. The third-order valence-electron chi connectivity index (χ3n) is 6.03. The molecule has 14 nitrogen and oxygen atoms in total. The predicted molar refractivity (Wildman–Crippen MR) is 128 cm³/mol. The van der Waals surface area contributed by atoms with Crippen molar-refractivity contribution in [3.8, 4) is 0 Å². The van der Waals surface area contributed by atoms with Gasteiger partial charge in [-0.15, -0.1) is 0 Å². The minimum absolute atomic E-state index is 0.000991. The molecule has 0 saturated carbocycles. The molecule has 14 heteroatoms. The first-order valence-corrected chi connectivity index (χ1v) is 12.0. The fourth-order valence-corrected chi connectivity index (χ4v) is 4.06. The first kappa shape index (κ1) is 28.7. The van der Waals surface area contributed by atoms with Crippen molar-refractivity contribution in [3.63, 3.8) is 0 Å². The van der Waals surface area contributed by atoms with Gasteiger partial charge in [0.05, 0.1) is 12.4 Å². The van der Waals surface area contributed by atoms with Gasteiger partial charge in [0, 0.05) is 31.3 Å². The second-order valence-corrected chi connectivity index (χ2v) is 8.83. The number of unbranched alkanes of at least 4 members (excludes halogenated alkanes) is 1. The molecule has 1 aliphatic rings. The van der Waals surface area contributed by atoms with Gasteiger partial charge >= 0.3 is 5.97 Å². The van der Waals surface area contributed by atoms with Crippen LogP contribution in [-0.2, 0) is 30.4 Å². The number of carbonyl (C=O) groups is 5. The van der Waals surface area contributed by atoms with Gasteiger partial charge in [-0.3, -0.25) is 19.2 Å². The SMILES string of the molecule is NCCCCC(N)C(=O)N1CCCC1C(=O)NC(Cc1cnc[nH]1)C(=O)NC(CCC(N)=O)C(=O)O. The van der Waals surface area contributed by atoms with E-state index in [1.54, 1.807) is 0 Å². The Bertz CT molecular complexity index is 908. The van der Waals surface area contributed by atoms with Crippen LogP contribution in [0.4, 0.5) is 0 Å². The molecule has 4 amide bonds. The molecular weight excluding hydrogens is 472 g/mol. The molecule has 1 aliphatic heterocycles. The van der Waals surface area contributed by atoms with Crippen molar-refractivity contribution in [1.29, 1.82) is 0 Å². The minimum atomic E-state index is -1.37. The Morgan fingerprint density at radius 1 is 1.17 bits per heavy atom. The fourth-order valence-electron chi connectivity index (χ4n) is 4.06. The second kappa shape index (κ2) is 14.1. The predicted octanol–water partition coefficient (Wildman–Crippen LogP) is -2.28. The molecule has 4 atom stereocenters. The summed E-state index contributed by atoms with van der Waals surface area (Å²) in [5.74, 6) is -3.68. The maximum absolute atomic E-state index is 13.2. The van der Waals surface area contributed by atoms with Gasteiger partial charge in [0.1, 0.15) is 18.1 Å². The number of aromatic amines is 1. The number of aromatic nitrogens is 2. The zero-order valence-electron chi connectivity index (χ0n) is 20.2. The van der Waals surface area contributed by atoms with Crippen molar-refractivity contribution in [2.45, 2.75) is 75.5 Å². The average Bonchev–Trinajstić information content (AvgIpc) is 3.52. The number of imidazole rings is 1. The van der Waals surface area contributed by atoms with Gasteiger partial charge in [0.2, 0.25) is 23.6 Å². The van der Waals surface area contributed by atoms with Gasteiger partial charge in [-0.05, 0) is 38.6 Å². The van der Waals surface area contributed by atoms with Crippen LogP contribution in [0.1, 0.15) is 50.6 Å². The van der Waals surface area contributed by atoms with Crippen LogP contribution in [-0.4, -0.2) is 86.8 Å². The highest BCUT2D eigenvalue weighted by atomic mass is 16.4. The van der Waals surface area contributed by atoms with Crippen molar-refractivity contribution in [1.82, 2.24) is 25.5 Å². The van der Waals surface area contributed by atoms with Crippen molar-refractivity contribution in [2.24, 2.45) is 17.2 Å². The zero-order valence-corrected chi connectivity index (χ0v) is 20.2. The van der Waals surface area contributed by atoms with Crippen molar-refractivity contribution in [3.05, 3.63) is 18.2 Å². The Labute approximate surface area is 208 Å². The number of aliphatic carboxylic acids is 1. The standard InChI is InChI=1S/C22H36N8O6/c23-8-2-1-4-14(24)21(34)30-9-3-5-17(30)20(33)29-16(10-13-11-26-12-27-13)19(32)28-15(22(35)36)6-7-18(25)31/h11-12,14-17H,1-10,23-24H2,(H2,25,31)(H,26,27)(H,28,32)(H,29,33)(H,35,36). The number of carboxylic acid groups (broad SMARTS) is 1. The monoisotopic (exact) mass is 508 g/mol. The fraction of sp³-hybridized carbons (Fsp3) is 0.636. The highest BCUT2D eigenvalue weighted by Crippen LogP contribution is 2.20. The normalized spacial score (nSPS) is 17.7. The number of carboxylic acids is 1. The minimum Gasteiger partial charge on any atom is -0.480 e. The van der Waals surface area contributed by atoms with E-state index in [2.05, 4.69) is 20.6 Å². The maximum Gasteiger partial charge on any atom is 0.326 e. The second-order valence-electron chi connectivity index (χ2n) is 8.83. The Morgan fingerprint density at radius 3 is 2.53 bits per heavy atom. The third-order valence-corrected chi connectivity index (χ3v) is 6.03. The largest absolute Gasteiger partial charge is 0.480 e. The van der Waals surface area contributed by atoms with Crippen LogP contribution in [0.5, 0.6) is 0 Å². The van der Waals surface area contributed by atoms with Crippen LogP contribution in [0.2, 0.25) is 0 Å². The van der Waals surface area contributed by atoms with Crippen LogP contribution in [0, 0.1) is 0 Å². The highest BCUT2D eigenvalue weighted by Gasteiger charge is 2.38. The molecule has 0 aromatic carbocycles. The Balaban J connectivity index is 2.11. The number of carbonyl (C=O) groups excluding carboxylic acids is 4. The number of nitrogens with one attached hydrogen (secondary N) is 3. The van der Waals surface area contributed by atoms with Crippen molar-refractivity contribution in [2.75, 3.05) is 13.1 Å². The molecule has 10 N–H and O–H groups in total. The Kier molecular flexibility index (Phi) is 11.3. The number of rotatable bonds is 15. The van der Waals surface area contributed by atoms with Crippen LogP contribution < -0.4 is 27.8 Å². The topological polar surface area (TPSA) is 240 Å². The lowest BCUT2D eigenvalue weighted by atomic mass is 10.1. The number of amides is 4. The summed E-state index contributed by atoms with van der Waals surface area (Å²) in [6.07, 6.45) is 5.34. The molecule has 0 radical (unpaired) electrons. The van der Waals surface area contributed by atoms with E-state index in [9.17, 15) is 29.1 Å². The van der Waals surface area contributed by atoms with Crippen LogP contribution in [0.25, 0.3) is 0 Å². The molecule has 1 aromatic heterocycles. The quantitative estimate of drug-likeness (QED) is 0.126. The first-order valence-electron chi connectivity index (χ1n) is 12.0. The summed E-state index contributed by atoms with van der Waals surface area (Å²) in [6.45, 7) is 0.869. The van der Waals surface area contributed by atoms with Gasteiger partial charge in [0.15, 0.2) is 0 Å². The lowest BCUT2D eigenvalue weighted by molar-refractivity contribution is -0.143. The van der Waals surface area contributed by atoms with Gasteiger partial charge in [0.25, 0.3) is 0 Å². The first-order chi connectivity index (χ1) is 17.1. The lowest BCUT2D eigenvalue weighted by Crippen LogP contribution is -2.57. The van der Waals surface area contributed by atoms with E-state index in [-0.39, 0.29) is 25.2 Å². The Hall–Kier alpha value is -3.52. The third kappa shape index (κ3) is 8.61. The maximum atomic E-state index is 13.2. The summed E-state index contributed by atoms with van der Waals surface area (Å²) >= 11 is 0. The molecule has 2 heterocycles. The van der Waals surface area contributed by atoms with Crippen LogP contribution >= 0.6 is 0 Å². The van der Waals surface area contributed by atoms with Gasteiger partial charge < -0.3 is 42.8 Å². The summed E-state index contributed by atoms with van der Waals surface area (Å²) in [5.41, 5.74) is 17.2. The summed E-state index contributed by atoms with van der Waals surface area (Å²) < 4.78 is 0. The van der Waals surface area contributed by atoms with E-state index in [1.807, 2.05) is 0 Å². The van der Waals surface area contributed by atoms with Crippen molar-refractivity contribution >= 4 is 29.6 Å². The number of nitrogens with two attached hydrogens (primary N) is 3. The summed E-state index contributed by atoms with van der Waals surface area (Å²) in [4.78, 5) is 69.8. The molecule has 0 bridgehead atoms.